The molecule has 1 saturated heterocycles. The van der Waals surface area contributed by atoms with E-state index in [-0.39, 0.29) is 0 Å². The molecule has 1 fully saturated rings. The van der Waals surface area contributed by atoms with Crippen LogP contribution in [0.15, 0.2) is 30.3 Å². The molecule has 1 aromatic carbocycles. The Morgan fingerprint density at radius 3 is 2.42 bits per heavy atom. The van der Waals surface area contributed by atoms with Crippen molar-refractivity contribution in [2.75, 3.05) is 58.4 Å². The fourth-order valence-electron chi connectivity index (χ4n) is 2.71. The first-order valence-corrected chi connectivity index (χ1v) is 7.02. The Hall–Kier alpha value is -1.10. The fourth-order valence-corrected chi connectivity index (χ4v) is 2.71. The molecule has 0 spiro atoms. The van der Waals surface area contributed by atoms with Crippen LogP contribution in [0.2, 0.25) is 0 Å². The maximum atomic E-state index is 5.33. The van der Waals surface area contributed by atoms with E-state index in [9.17, 15) is 0 Å². The molecule has 0 radical (unpaired) electrons. The van der Waals surface area contributed by atoms with Gasteiger partial charge in [-0.1, -0.05) is 18.2 Å². The van der Waals surface area contributed by atoms with E-state index >= 15 is 0 Å². The van der Waals surface area contributed by atoms with Gasteiger partial charge in [0, 0.05) is 51.6 Å². The first-order chi connectivity index (χ1) is 9.35. The molecular weight excluding hydrogens is 238 g/mol. The molecule has 106 valence electrons. The molecule has 1 heterocycles. The topological polar surface area (TPSA) is 27.7 Å². The highest BCUT2D eigenvalue weighted by Crippen LogP contribution is 2.16. The van der Waals surface area contributed by atoms with Crippen molar-refractivity contribution in [3.05, 3.63) is 30.3 Å². The summed E-state index contributed by atoms with van der Waals surface area (Å²) < 4.78 is 5.33. The van der Waals surface area contributed by atoms with Crippen LogP contribution in [-0.4, -0.2) is 64.4 Å². The van der Waals surface area contributed by atoms with Gasteiger partial charge in [0.15, 0.2) is 0 Å². The van der Waals surface area contributed by atoms with E-state index in [2.05, 4.69) is 45.4 Å². The zero-order valence-electron chi connectivity index (χ0n) is 12.0. The molecule has 1 atom stereocenters. The zero-order valence-corrected chi connectivity index (χ0v) is 12.0. The van der Waals surface area contributed by atoms with Gasteiger partial charge in [-0.25, -0.2) is 0 Å². The Morgan fingerprint density at radius 1 is 1.16 bits per heavy atom. The monoisotopic (exact) mass is 263 g/mol. The van der Waals surface area contributed by atoms with Crippen LogP contribution in [-0.2, 0) is 4.74 Å². The summed E-state index contributed by atoms with van der Waals surface area (Å²) in [5.74, 6) is 0. The van der Waals surface area contributed by atoms with E-state index in [1.165, 1.54) is 5.69 Å². The molecule has 0 amide bonds. The summed E-state index contributed by atoms with van der Waals surface area (Å²) in [7, 11) is 3.78. The third kappa shape index (κ3) is 3.93. The highest BCUT2D eigenvalue weighted by molar-refractivity contribution is 5.46. The SMILES string of the molecule is CNCC(COC)N1CCN(c2ccccc2)CC1. The average Bonchev–Trinajstić information content (AvgIpc) is 2.48. The number of hydrogen-bond acceptors (Lipinski definition) is 4. The lowest BCUT2D eigenvalue weighted by atomic mass is 10.2. The number of hydrogen-bond donors (Lipinski definition) is 1. The van der Waals surface area contributed by atoms with Crippen LogP contribution in [0.1, 0.15) is 0 Å². The molecule has 1 aliphatic heterocycles. The molecule has 0 aliphatic carbocycles. The van der Waals surface area contributed by atoms with Crippen LogP contribution < -0.4 is 10.2 Å². The van der Waals surface area contributed by atoms with Crippen LogP contribution in [0, 0.1) is 0 Å². The van der Waals surface area contributed by atoms with E-state index in [0.29, 0.717) is 6.04 Å². The quantitative estimate of drug-likeness (QED) is 0.830. The lowest BCUT2D eigenvalue weighted by molar-refractivity contribution is 0.0862. The maximum absolute atomic E-state index is 5.33. The van der Waals surface area contributed by atoms with E-state index in [1.54, 1.807) is 7.11 Å². The Labute approximate surface area is 116 Å². The number of piperazine rings is 1. The molecule has 1 aromatic rings. The van der Waals surface area contributed by atoms with Crippen molar-refractivity contribution in [2.24, 2.45) is 0 Å². The first-order valence-electron chi connectivity index (χ1n) is 7.02. The third-order valence-electron chi connectivity index (χ3n) is 3.75. The normalized spacial score (nSPS) is 18.5. The number of nitrogens with zero attached hydrogens (tertiary/aromatic N) is 2. The van der Waals surface area contributed by atoms with Gasteiger partial charge in [-0.2, -0.15) is 0 Å². The summed E-state index contributed by atoms with van der Waals surface area (Å²) in [4.78, 5) is 4.99. The molecule has 19 heavy (non-hydrogen) atoms. The van der Waals surface area contributed by atoms with Crippen molar-refractivity contribution in [1.82, 2.24) is 10.2 Å². The summed E-state index contributed by atoms with van der Waals surface area (Å²) in [6, 6.07) is 11.1. The number of benzene rings is 1. The lowest BCUT2D eigenvalue weighted by Crippen LogP contribution is -2.54. The van der Waals surface area contributed by atoms with Gasteiger partial charge in [0.25, 0.3) is 0 Å². The standard InChI is InChI=1S/C15H25N3O/c1-16-12-15(13-19-2)18-10-8-17(9-11-18)14-6-4-3-5-7-14/h3-7,15-16H,8-13H2,1-2H3. The number of para-hydroxylation sites is 1. The predicted molar refractivity (Wildman–Crippen MR) is 79.8 cm³/mol. The van der Waals surface area contributed by atoms with Crippen LogP contribution in [0.25, 0.3) is 0 Å². The molecular formula is C15H25N3O. The highest BCUT2D eigenvalue weighted by Gasteiger charge is 2.23. The minimum Gasteiger partial charge on any atom is -0.383 e. The summed E-state index contributed by atoms with van der Waals surface area (Å²) in [5, 5.41) is 3.26. The molecule has 0 saturated carbocycles. The van der Waals surface area contributed by atoms with Gasteiger partial charge in [0.05, 0.1) is 6.61 Å². The van der Waals surface area contributed by atoms with Crippen molar-refractivity contribution >= 4 is 5.69 Å². The second-order valence-electron chi connectivity index (χ2n) is 5.03. The van der Waals surface area contributed by atoms with Crippen LogP contribution in [0.3, 0.4) is 0 Å². The molecule has 0 bridgehead atoms. The van der Waals surface area contributed by atoms with E-state index < -0.39 is 0 Å². The lowest BCUT2D eigenvalue weighted by Gasteiger charge is -2.40. The maximum Gasteiger partial charge on any atom is 0.0630 e. The molecule has 4 heteroatoms. The largest absolute Gasteiger partial charge is 0.383 e. The van der Waals surface area contributed by atoms with Crippen molar-refractivity contribution in [3.63, 3.8) is 0 Å². The second kappa shape index (κ2) is 7.48. The second-order valence-corrected chi connectivity index (χ2v) is 5.03. The van der Waals surface area contributed by atoms with Gasteiger partial charge < -0.3 is 15.0 Å². The van der Waals surface area contributed by atoms with Crippen molar-refractivity contribution in [2.45, 2.75) is 6.04 Å². The molecule has 0 aromatic heterocycles. The summed E-state index contributed by atoms with van der Waals surface area (Å²) >= 11 is 0. The summed E-state index contributed by atoms with van der Waals surface area (Å²) in [5.41, 5.74) is 1.33. The summed E-state index contributed by atoms with van der Waals surface area (Å²) in [6.07, 6.45) is 0. The number of rotatable bonds is 6. The van der Waals surface area contributed by atoms with Gasteiger partial charge in [-0.05, 0) is 19.2 Å². The molecule has 2 rings (SSSR count). The van der Waals surface area contributed by atoms with Crippen LogP contribution >= 0.6 is 0 Å². The number of ether oxygens (including phenoxy) is 1. The Bertz CT molecular complexity index is 344. The number of methoxy groups -OCH3 is 1. The first kappa shape index (κ1) is 14.3. The van der Waals surface area contributed by atoms with Gasteiger partial charge in [-0.3, -0.25) is 4.90 Å². The van der Waals surface area contributed by atoms with Gasteiger partial charge >= 0.3 is 0 Å². The number of nitrogens with one attached hydrogen (secondary N) is 1. The van der Waals surface area contributed by atoms with Crippen LogP contribution in [0.5, 0.6) is 0 Å². The Morgan fingerprint density at radius 2 is 1.84 bits per heavy atom. The van der Waals surface area contributed by atoms with Gasteiger partial charge in [0.2, 0.25) is 0 Å². The van der Waals surface area contributed by atoms with Gasteiger partial charge in [-0.15, -0.1) is 0 Å². The van der Waals surface area contributed by atoms with Gasteiger partial charge in [0.1, 0.15) is 0 Å². The molecule has 1 unspecified atom stereocenters. The van der Waals surface area contributed by atoms with Crippen molar-refractivity contribution < 1.29 is 4.74 Å². The minimum atomic E-state index is 0.480. The molecule has 1 N–H and O–H groups in total. The molecule has 1 aliphatic rings. The van der Waals surface area contributed by atoms with E-state index in [1.807, 2.05) is 7.05 Å². The van der Waals surface area contributed by atoms with E-state index in [0.717, 1.165) is 39.3 Å². The smallest absolute Gasteiger partial charge is 0.0630 e. The van der Waals surface area contributed by atoms with Crippen LogP contribution in [0.4, 0.5) is 5.69 Å². The molecule has 4 nitrogen and oxygen atoms in total. The zero-order chi connectivity index (χ0) is 13.5. The van der Waals surface area contributed by atoms with E-state index in [4.69, 9.17) is 4.74 Å². The highest BCUT2D eigenvalue weighted by atomic mass is 16.5. The van der Waals surface area contributed by atoms with Crippen molar-refractivity contribution in [1.29, 1.82) is 0 Å². The van der Waals surface area contributed by atoms with Crippen molar-refractivity contribution in [3.8, 4) is 0 Å². The fraction of sp³-hybridized carbons (Fsp3) is 0.600. The Balaban J connectivity index is 1.87. The number of anilines is 1. The third-order valence-corrected chi connectivity index (χ3v) is 3.75. The average molecular weight is 263 g/mol. The summed E-state index contributed by atoms with van der Waals surface area (Å²) in [6.45, 7) is 6.17. The minimum absolute atomic E-state index is 0.480. The Kier molecular flexibility index (Phi) is 5.63. The number of likely N-dealkylation sites (N-methyl/N-ethyl adjacent to an activating group) is 1. The predicted octanol–water partition coefficient (Wildman–Crippen LogP) is 1.04.